The number of rotatable bonds is 4. The van der Waals surface area contributed by atoms with Crippen LogP contribution in [0.5, 0.6) is 0 Å². The zero-order valence-corrected chi connectivity index (χ0v) is 12.0. The van der Waals surface area contributed by atoms with Crippen LogP contribution in [0.15, 0.2) is 16.5 Å². The Balaban J connectivity index is 2.38. The summed E-state index contributed by atoms with van der Waals surface area (Å²) in [6.07, 6.45) is 0. The Labute approximate surface area is 120 Å². The topological polar surface area (TPSA) is 85.3 Å². The number of halogens is 1. The zero-order valence-electron chi connectivity index (χ0n) is 11.3. The van der Waals surface area contributed by atoms with Crippen LogP contribution in [-0.2, 0) is 6.54 Å². The molecule has 8 heteroatoms. The van der Waals surface area contributed by atoms with Crippen molar-refractivity contribution < 1.29 is 9.34 Å². The molecule has 0 fully saturated rings. The average molecular weight is 297 g/mol. The van der Waals surface area contributed by atoms with E-state index in [0.29, 0.717) is 12.3 Å². The summed E-state index contributed by atoms with van der Waals surface area (Å²) in [7, 11) is 1.68. The van der Waals surface area contributed by atoms with Crippen LogP contribution in [0.4, 0.5) is 11.5 Å². The molecule has 2 aromatic heterocycles. The molecule has 2 heterocycles. The number of aromatic nitrogens is 2. The number of furan rings is 1. The van der Waals surface area contributed by atoms with E-state index in [1.807, 2.05) is 19.1 Å². The monoisotopic (exact) mass is 296 g/mol. The van der Waals surface area contributed by atoms with E-state index >= 15 is 0 Å². The number of hydrogen-bond acceptors (Lipinski definition) is 6. The van der Waals surface area contributed by atoms with Crippen LogP contribution in [-0.4, -0.2) is 21.9 Å². The van der Waals surface area contributed by atoms with Crippen molar-refractivity contribution >= 4 is 23.1 Å². The fourth-order valence-corrected chi connectivity index (χ4v) is 2.08. The minimum Gasteiger partial charge on any atom is -0.464 e. The van der Waals surface area contributed by atoms with Crippen LogP contribution >= 0.6 is 11.6 Å². The first-order valence-corrected chi connectivity index (χ1v) is 6.21. The molecule has 0 unspecified atom stereocenters. The standard InChI is InChI=1S/C12H13ClN4O3/c1-7-4-5-9(20-7)6-16(3)11-10(17(18)19)8(2)14-12(13)15-11/h4-5H,6H2,1-3H3. The second kappa shape index (κ2) is 5.46. The highest BCUT2D eigenvalue weighted by atomic mass is 35.5. The van der Waals surface area contributed by atoms with Crippen LogP contribution < -0.4 is 4.90 Å². The van der Waals surface area contributed by atoms with E-state index in [0.717, 1.165) is 5.76 Å². The molecule has 0 atom stereocenters. The number of anilines is 1. The SMILES string of the molecule is Cc1ccc(CN(C)c2nc(Cl)nc(C)c2[N+](=O)[O-])o1. The van der Waals surface area contributed by atoms with Crippen LogP contribution in [0.25, 0.3) is 0 Å². The lowest BCUT2D eigenvalue weighted by Gasteiger charge is -2.17. The van der Waals surface area contributed by atoms with Crippen molar-refractivity contribution in [3.05, 3.63) is 44.7 Å². The molecule has 0 saturated heterocycles. The maximum atomic E-state index is 11.1. The van der Waals surface area contributed by atoms with Crippen LogP contribution in [0.3, 0.4) is 0 Å². The molecule has 0 bridgehead atoms. The van der Waals surface area contributed by atoms with Gasteiger partial charge in [-0.15, -0.1) is 0 Å². The number of aryl methyl sites for hydroxylation is 2. The third-order valence-electron chi connectivity index (χ3n) is 2.75. The molecule has 0 saturated carbocycles. The van der Waals surface area contributed by atoms with E-state index in [9.17, 15) is 10.1 Å². The lowest BCUT2D eigenvalue weighted by Crippen LogP contribution is -2.20. The van der Waals surface area contributed by atoms with Gasteiger partial charge in [0.05, 0.1) is 11.5 Å². The highest BCUT2D eigenvalue weighted by Crippen LogP contribution is 2.30. The van der Waals surface area contributed by atoms with E-state index in [2.05, 4.69) is 9.97 Å². The third kappa shape index (κ3) is 2.88. The van der Waals surface area contributed by atoms with Gasteiger partial charge in [0.15, 0.2) is 0 Å². The largest absolute Gasteiger partial charge is 0.464 e. The van der Waals surface area contributed by atoms with Gasteiger partial charge in [0.25, 0.3) is 0 Å². The first-order valence-electron chi connectivity index (χ1n) is 5.83. The third-order valence-corrected chi connectivity index (χ3v) is 2.91. The zero-order chi connectivity index (χ0) is 14.9. The smallest absolute Gasteiger partial charge is 0.332 e. The first kappa shape index (κ1) is 14.3. The summed E-state index contributed by atoms with van der Waals surface area (Å²) >= 11 is 5.78. The van der Waals surface area contributed by atoms with Crippen molar-refractivity contribution in [2.24, 2.45) is 0 Å². The van der Waals surface area contributed by atoms with E-state index in [1.54, 1.807) is 11.9 Å². The van der Waals surface area contributed by atoms with Gasteiger partial charge in [0.2, 0.25) is 11.1 Å². The quantitative estimate of drug-likeness (QED) is 0.490. The van der Waals surface area contributed by atoms with Crippen LogP contribution in [0, 0.1) is 24.0 Å². The molecule has 0 aliphatic rings. The second-order valence-corrected chi connectivity index (χ2v) is 4.71. The number of nitro groups is 1. The Morgan fingerprint density at radius 1 is 1.40 bits per heavy atom. The lowest BCUT2D eigenvalue weighted by molar-refractivity contribution is -0.385. The van der Waals surface area contributed by atoms with Gasteiger partial charge in [-0.05, 0) is 37.6 Å². The Morgan fingerprint density at radius 2 is 2.10 bits per heavy atom. The maximum absolute atomic E-state index is 11.1. The molecule has 7 nitrogen and oxygen atoms in total. The molecule has 0 amide bonds. The number of nitrogens with zero attached hydrogens (tertiary/aromatic N) is 4. The molecule has 0 N–H and O–H groups in total. The summed E-state index contributed by atoms with van der Waals surface area (Å²) in [5.74, 6) is 1.63. The van der Waals surface area contributed by atoms with Crippen molar-refractivity contribution in [3.63, 3.8) is 0 Å². The van der Waals surface area contributed by atoms with Gasteiger partial charge < -0.3 is 9.32 Å². The lowest BCUT2D eigenvalue weighted by atomic mass is 10.3. The summed E-state index contributed by atoms with van der Waals surface area (Å²) < 4.78 is 5.45. The van der Waals surface area contributed by atoms with E-state index < -0.39 is 4.92 Å². The number of hydrogen-bond donors (Lipinski definition) is 0. The molecule has 0 aliphatic heterocycles. The molecule has 0 radical (unpaired) electrons. The van der Waals surface area contributed by atoms with E-state index in [1.165, 1.54) is 6.92 Å². The van der Waals surface area contributed by atoms with Crippen molar-refractivity contribution in [1.29, 1.82) is 0 Å². The second-order valence-electron chi connectivity index (χ2n) is 4.38. The fourth-order valence-electron chi connectivity index (χ4n) is 1.88. The van der Waals surface area contributed by atoms with Crippen LogP contribution in [0.2, 0.25) is 5.28 Å². The minimum atomic E-state index is -0.509. The summed E-state index contributed by atoms with van der Waals surface area (Å²) in [5, 5.41) is 11.1. The molecular weight excluding hydrogens is 284 g/mol. The van der Waals surface area contributed by atoms with Gasteiger partial charge in [-0.3, -0.25) is 10.1 Å². The van der Waals surface area contributed by atoms with Crippen molar-refractivity contribution in [2.75, 3.05) is 11.9 Å². The predicted octanol–water partition coefficient (Wildman–Crippen LogP) is 2.88. The fraction of sp³-hybridized carbons (Fsp3) is 0.333. The maximum Gasteiger partial charge on any atom is 0.332 e. The minimum absolute atomic E-state index is 0.0226. The molecule has 2 aromatic rings. The Bertz CT molecular complexity index is 656. The molecular formula is C12H13ClN4O3. The molecule has 20 heavy (non-hydrogen) atoms. The van der Waals surface area contributed by atoms with Gasteiger partial charge in [-0.2, -0.15) is 4.98 Å². The molecule has 2 rings (SSSR count). The van der Waals surface area contributed by atoms with E-state index in [-0.39, 0.29) is 22.5 Å². The van der Waals surface area contributed by atoms with Gasteiger partial charge >= 0.3 is 5.69 Å². The van der Waals surface area contributed by atoms with E-state index in [4.69, 9.17) is 16.0 Å². The average Bonchev–Trinajstić information content (AvgIpc) is 2.72. The Hall–Kier alpha value is -2.15. The summed E-state index contributed by atoms with van der Waals surface area (Å²) in [5.41, 5.74) is 0.0765. The highest BCUT2D eigenvalue weighted by molar-refractivity contribution is 6.28. The van der Waals surface area contributed by atoms with Gasteiger partial charge in [-0.25, -0.2) is 4.98 Å². The molecule has 0 spiro atoms. The first-order chi connectivity index (χ1) is 9.38. The van der Waals surface area contributed by atoms with Crippen molar-refractivity contribution in [2.45, 2.75) is 20.4 Å². The summed E-state index contributed by atoms with van der Waals surface area (Å²) in [6.45, 7) is 3.71. The highest BCUT2D eigenvalue weighted by Gasteiger charge is 2.25. The normalized spacial score (nSPS) is 10.6. The Kier molecular flexibility index (Phi) is 3.89. The van der Waals surface area contributed by atoms with Crippen LogP contribution in [0.1, 0.15) is 17.2 Å². The molecule has 0 aliphatic carbocycles. The molecule has 0 aromatic carbocycles. The van der Waals surface area contributed by atoms with Gasteiger partial charge in [0, 0.05) is 7.05 Å². The predicted molar refractivity (Wildman–Crippen MR) is 74.0 cm³/mol. The summed E-state index contributed by atoms with van der Waals surface area (Å²) in [6, 6.07) is 3.64. The Morgan fingerprint density at radius 3 is 2.65 bits per heavy atom. The van der Waals surface area contributed by atoms with Crippen molar-refractivity contribution in [3.8, 4) is 0 Å². The van der Waals surface area contributed by atoms with Gasteiger partial charge in [0.1, 0.15) is 17.2 Å². The van der Waals surface area contributed by atoms with Gasteiger partial charge in [-0.1, -0.05) is 0 Å². The molecule has 106 valence electrons. The summed E-state index contributed by atoms with van der Waals surface area (Å²) in [4.78, 5) is 20.0. The van der Waals surface area contributed by atoms with Crippen molar-refractivity contribution in [1.82, 2.24) is 9.97 Å².